The van der Waals surface area contributed by atoms with E-state index in [0.29, 0.717) is 0 Å². The van der Waals surface area contributed by atoms with Gasteiger partial charge in [-0.1, -0.05) is 0 Å². The van der Waals surface area contributed by atoms with E-state index in [1.54, 1.807) is 0 Å². The minimum absolute atomic E-state index is 0.0897. The van der Waals surface area contributed by atoms with Gasteiger partial charge < -0.3 is 10.1 Å². The van der Waals surface area contributed by atoms with Crippen LogP contribution >= 0.6 is 0 Å². The second-order valence-electron chi connectivity index (χ2n) is 2.51. The maximum Gasteiger partial charge on any atom is 0.327 e. The summed E-state index contributed by atoms with van der Waals surface area (Å²) in [4.78, 5) is 9.71. The zero-order chi connectivity index (χ0) is 10.7. The lowest BCUT2D eigenvalue weighted by Gasteiger charge is -2.05. The van der Waals surface area contributed by atoms with Crippen LogP contribution < -0.4 is 10.1 Å². The molecule has 0 saturated carbocycles. The highest BCUT2D eigenvalue weighted by Crippen LogP contribution is 2.31. The van der Waals surface area contributed by atoms with Gasteiger partial charge in [0.2, 0.25) is 5.82 Å². The minimum atomic E-state index is -0.918. The zero-order valence-electron chi connectivity index (χ0n) is 7.70. The summed E-state index contributed by atoms with van der Waals surface area (Å²) >= 11 is 0. The van der Waals surface area contributed by atoms with Crippen molar-refractivity contribution in [1.82, 2.24) is 0 Å². The van der Waals surface area contributed by atoms with Crippen LogP contribution in [0.4, 0.5) is 15.8 Å². The molecule has 5 nitrogen and oxygen atoms in total. The van der Waals surface area contributed by atoms with Crippen molar-refractivity contribution in [3.05, 3.63) is 28.1 Å². The van der Waals surface area contributed by atoms with Crippen LogP contribution in [-0.4, -0.2) is 19.1 Å². The van der Waals surface area contributed by atoms with Gasteiger partial charge in [-0.3, -0.25) is 10.1 Å². The summed E-state index contributed by atoms with van der Waals surface area (Å²) in [6.45, 7) is 0. The molecule has 1 aromatic rings. The number of nitro benzene ring substituents is 1. The number of anilines is 1. The Hall–Kier alpha value is -1.85. The molecule has 0 aliphatic carbocycles. The lowest BCUT2D eigenvalue weighted by atomic mass is 10.2. The topological polar surface area (TPSA) is 64.4 Å². The Kier molecular flexibility index (Phi) is 2.85. The largest absolute Gasteiger partial charge is 0.497 e. The minimum Gasteiger partial charge on any atom is -0.497 e. The van der Waals surface area contributed by atoms with Gasteiger partial charge in [-0.25, -0.2) is 0 Å². The first-order valence-electron chi connectivity index (χ1n) is 3.79. The number of ether oxygens (including phenoxy) is 1. The van der Waals surface area contributed by atoms with Crippen molar-refractivity contribution in [2.75, 3.05) is 19.5 Å². The molecule has 14 heavy (non-hydrogen) atoms. The van der Waals surface area contributed by atoms with Crippen molar-refractivity contribution in [3.63, 3.8) is 0 Å². The van der Waals surface area contributed by atoms with Crippen molar-refractivity contribution in [3.8, 4) is 5.75 Å². The first-order valence-corrected chi connectivity index (χ1v) is 3.79. The van der Waals surface area contributed by atoms with E-state index in [1.807, 2.05) is 0 Å². The second-order valence-corrected chi connectivity index (χ2v) is 2.51. The molecule has 0 radical (unpaired) electrons. The van der Waals surface area contributed by atoms with E-state index >= 15 is 0 Å². The third-order valence-corrected chi connectivity index (χ3v) is 1.72. The maximum absolute atomic E-state index is 13.2. The molecule has 0 atom stereocenters. The van der Waals surface area contributed by atoms with E-state index in [0.717, 1.165) is 6.07 Å². The van der Waals surface area contributed by atoms with E-state index in [9.17, 15) is 14.5 Å². The summed E-state index contributed by atoms with van der Waals surface area (Å²) in [6, 6.07) is 2.33. The van der Waals surface area contributed by atoms with Gasteiger partial charge in [0, 0.05) is 19.2 Å². The van der Waals surface area contributed by atoms with Crippen molar-refractivity contribution in [2.24, 2.45) is 0 Å². The Balaban J connectivity index is 3.34. The summed E-state index contributed by atoms with van der Waals surface area (Å²) in [7, 11) is 2.83. The van der Waals surface area contributed by atoms with Crippen LogP contribution in [0.1, 0.15) is 0 Å². The Morgan fingerprint density at radius 3 is 2.64 bits per heavy atom. The number of nitrogens with one attached hydrogen (secondary N) is 1. The monoisotopic (exact) mass is 200 g/mol. The third kappa shape index (κ3) is 1.73. The second kappa shape index (κ2) is 3.91. The van der Waals surface area contributed by atoms with Crippen molar-refractivity contribution in [2.45, 2.75) is 0 Å². The summed E-state index contributed by atoms with van der Waals surface area (Å²) in [6.07, 6.45) is 0. The standard InChI is InChI=1S/C8H9FN2O3/c1-10-7-4-5(14-2)3-6(9)8(7)11(12)13/h3-4,10H,1-2H3. The Morgan fingerprint density at radius 2 is 2.21 bits per heavy atom. The molecule has 0 aliphatic rings. The molecule has 0 saturated heterocycles. The average molecular weight is 200 g/mol. The third-order valence-electron chi connectivity index (χ3n) is 1.72. The number of halogens is 1. The summed E-state index contributed by atoms with van der Waals surface area (Å²) in [5, 5.41) is 13.0. The predicted octanol–water partition coefficient (Wildman–Crippen LogP) is 1.78. The molecule has 1 N–H and O–H groups in total. The number of nitro groups is 1. The van der Waals surface area contributed by atoms with Crippen LogP contribution in [0.5, 0.6) is 5.75 Å². The van der Waals surface area contributed by atoms with E-state index in [2.05, 4.69) is 5.32 Å². The van der Waals surface area contributed by atoms with Crippen LogP contribution in [-0.2, 0) is 0 Å². The number of methoxy groups -OCH3 is 1. The molecule has 0 aliphatic heterocycles. The molecule has 76 valence electrons. The molecular weight excluding hydrogens is 191 g/mol. The Bertz CT molecular complexity index is 368. The predicted molar refractivity (Wildman–Crippen MR) is 49.2 cm³/mol. The first-order chi connectivity index (χ1) is 6.60. The van der Waals surface area contributed by atoms with Crippen LogP contribution in [0.15, 0.2) is 12.1 Å². The number of hydrogen-bond donors (Lipinski definition) is 1. The summed E-state index contributed by atoms with van der Waals surface area (Å²) < 4.78 is 17.9. The molecule has 0 heterocycles. The highest BCUT2D eigenvalue weighted by molar-refractivity contribution is 5.64. The highest BCUT2D eigenvalue weighted by Gasteiger charge is 2.20. The highest BCUT2D eigenvalue weighted by atomic mass is 19.1. The van der Waals surface area contributed by atoms with Crippen molar-refractivity contribution in [1.29, 1.82) is 0 Å². The maximum atomic E-state index is 13.2. The number of nitrogens with zero attached hydrogens (tertiary/aromatic N) is 1. The van der Waals surface area contributed by atoms with Gasteiger partial charge in [0.05, 0.1) is 12.0 Å². The van der Waals surface area contributed by atoms with E-state index in [1.165, 1.54) is 20.2 Å². The number of rotatable bonds is 3. The number of hydrogen-bond acceptors (Lipinski definition) is 4. The van der Waals surface area contributed by atoms with Gasteiger partial charge in [-0.2, -0.15) is 4.39 Å². The van der Waals surface area contributed by atoms with Gasteiger partial charge >= 0.3 is 5.69 Å². The normalized spacial score (nSPS) is 9.64. The van der Waals surface area contributed by atoms with Gasteiger partial charge in [-0.05, 0) is 0 Å². The smallest absolute Gasteiger partial charge is 0.327 e. The fourth-order valence-electron chi connectivity index (χ4n) is 1.07. The molecule has 0 fully saturated rings. The summed E-state index contributed by atoms with van der Waals surface area (Å²) in [5.74, 6) is -0.684. The lowest BCUT2D eigenvalue weighted by Crippen LogP contribution is -2.00. The van der Waals surface area contributed by atoms with Crippen LogP contribution in [0.3, 0.4) is 0 Å². The Morgan fingerprint density at radius 1 is 1.57 bits per heavy atom. The molecule has 1 rings (SSSR count). The molecule has 6 heteroatoms. The Labute approximate surface area is 79.6 Å². The van der Waals surface area contributed by atoms with Crippen LogP contribution in [0.25, 0.3) is 0 Å². The first kappa shape index (κ1) is 10.2. The average Bonchev–Trinajstić information content (AvgIpc) is 2.15. The SMILES string of the molecule is CNc1cc(OC)cc(F)c1[N+](=O)[O-]. The lowest BCUT2D eigenvalue weighted by molar-refractivity contribution is -0.386. The van der Waals surface area contributed by atoms with Gasteiger partial charge in [0.25, 0.3) is 0 Å². The molecule has 0 unspecified atom stereocenters. The van der Waals surface area contributed by atoms with E-state index in [-0.39, 0.29) is 11.4 Å². The van der Waals surface area contributed by atoms with Crippen LogP contribution in [0.2, 0.25) is 0 Å². The van der Waals surface area contributed by atoms with Crippen molar-refractivity contribution >= 4 is 11.4 Å². The zero-order valence-corrected chi connectivity index (χ0v) is 7.70. The fraction of sp³-hybridized carbons (Fsp3) is 0.250. The van der Waals surface area contributed by atoms with E-state index in [4.69, 9.17) is 4.74 Å². The van der Waals surface area contributed by atoms with Gasteiger partial charge in [-0.15, -0.1) is 0 Å². The molecule has 1 aromatic carbocycles. The van der Waals surface area contributed by atoms with Crippen molar-refractivity contribution < 1.29 is 14.1 Å². The molecular formula is C8H9FN2O3. The van der Waals surface area contributed by atoms with Crippen LogP contribution in [0, 0.1) is 15.9 Å². The number of benzene rings is 1. The van der Waals surface area contributed by atoms with Gasteiger partial charge in [0.15, 0.2) is 0 Å². The summed E-state index contributed by atoms with van der Waals surface area (Å²) in [5.41, 5.74) is -0.486. The fourth-order valence-corrected chi connectivity index (χ4v) is 1.07. The molecule has 0 bridgehead atoms. The molecule has 0 amide bonds. The quantitative estimate of drug-likeness (QED) is 0.596. The molecule has 0 aromatic heterocycles. The van der Waals surface area contributed by atoms with Gasteiger partial charge in [0.1, 0.15) is 11.4 Å². The molecule has 0 spiro atoms. The van der Waals surface area contributed by atoms with E-state index < -0.39 is 16.4 Å².